The van der Waals surface area contributed by atoms with Gasteiger partial charge in [0.05, 0.1) is 0 Å². The Labute approximate surface area is 108 Å². The van der Waals surface area contributed by atoms with E-state index in [1.165, 1.54) is 5.56 Å². The predicted octanol–water partition coefficient (Wildman–Crippen LogP) is 1.09. The maximum atomic E-state index is 12.0. The molecule has 1 amide bonds. The van der Waals surface area contributed by atoms with Crippen LogP contribution in [0.4, 0.5) is 5.69 Å². The van der Waals surface area contributed by atoms with Crippen molar-refractivity contribution in [2.75, 3.05) is 32.5 Å². The third-order valence-electron chi connectivity index (χ3n) is 3.17. The average Bonchev–Trinajstić information content (AvgIpc) is 2.78. The van der Waals surface area contributed by atoms with Gasteiger partial charge >= 0.3 is 0 Å². The first-order valence-electron chi connectivity index (χ1n) is 6.43. The van der Waals surface area contributed by atoms with Crippen molar-refractivity contribution in [1.29, 1.82) is 0 Å². The highest BCUT2D eigenvalue weighted by molar-refractivity contribution is 5.87. The lowest BCUT2D eigenvalue weighted by atomic mass is 10.1. The maximum Gasteiger partial charge on any atom is 0.242 e. The van der Waals surface area contributed by atoms with Crippen LogP contribution in [-0.2, 0) is 11.2 Å². The van der Waals surface area contributed by atoms with E-state index in [4.69, 9.17) is 0 Å². The zero-order chi connectivity index (χ0) is 13.0. The van der Waals surface area contributed by atoms with Gasteiger partial charge in [-0.3, -0.25) is 4.79 Å². The van der Waals surface area contributed by atoms with Crippen LogP contribution in [0.5, 0.6) is 0 Å². The molecule has 0 fully saturated rings. The molecule has 0 aromatic heterocycles. The van der Waals surface area contributed by atoms with Gasteiger partial charge in [-0.15, -0.1) is 0 Å². The molecule has 1 atom stereocenters. The van der Waals surface area contributed by atoms with Crippen LogP contribution in [-0.4, -0.2) is 44.0 Å². The average molecular weight is 247 g/mol. The summed E-state index contributed by atoms with van der Waals surface area (Å²) >= 11 is 0. The Morgan fingerprint density at radius 2 is 2.22 bits per heavy atom. The Hall–Kier alpha value is -1.55. The highest BCUT2D eigenvalue weighted by atomic mass is 16.2. The van der Waals surface area contributed by atoms with Crippen molar-refractivity contribution in [3.05, 3.63) is 29.8 Å². The number of amides is 1. The zero-order valence-electron chi connectivity index (χ0n) is 11.1. The number of carbonyl (C=O) groups is 1. The van der Waals surface area contributed by atoms with Gasteiger partial charge in [-0.05, 0) is 38.7 Å². The fourth-order valence-corrected chi connectivity index (χ4v) is 2.19. The first kappa shape index (κ1) is 12.9. The van der Waals surface area contributed by atoms with Crippen LogP contribution in [0.15, 0.2) is 24.3 Å². The van der Waals surface area contributed by atoms with Gasteiger partial charge in [-0.1, -0.05) is 18.2 Å². The van der Waals surface area contributed by atoms with Crippen LogP contribution in [0.1, 0.15) is 12.0 Å². The van der Waals surface area contributed by atoms with E-state index in [0.717, 1.165) is 31.6 Å². The minimum absolute atomic E-state index is 0.102. The van der Waals surface area contributed by atoms with E-state index in [1.54, 1.807) is 0 Å². The van der Waals surface area contributed by atoms with Crippen molar-refractivity contribution in [3.8, 4) is 0 Å². The smallest absolute Gasteiger partial charge is 0.242 e. The van der Waals surface area contributed by atoms with E-state index in [1.807, 2.05) is 32.3 Å². The van der Waals surface area contributed by atoms with Gasteiger partial charge in [0.15, 0.2) is 0 Å². The fraction of sp³-hybridized carbons (Fsp3) is 0.500. The lowest BCUT2D eigenvalue weighted by Gasteiger charge is -2.13. The number of hydrogen-bond acceptors (Lipinski definition) is 3. The molecule has 98 valence electrons. The molecule has 0 spiro atoms. The topological polar surface area (TPSA) is 44.4 Å². The third kappa shape index (κ3) is 3.23. The first-order valence-corrected chi connectivity index (χ1v) is 6.43. The molecule has 1 heterocycles. The number of nitrogens with one attached hydrogen (secondary N) is 2. The summed E-state index contributed by atoms with van der Waals surface area (Å²) in [5, 5.41) is 6.25. The van der Waals surface area contributed by atoms with Crippen molar-refractivity contribution in [2.45, 2.75) is 18.9 Å². The molecule has 1 aliphatic heterocycles. The minimum atomic E-state index is -0.109. The maximum absolute atomic E-state index is 12.0. The molecule has 2 rings (SSSR count). The molecular formula is C14H21N3O. The summed E-state index contributed by atoms with van der Waals surface area (Å²) in [5.41, 5.74) is 2.32. The molecule has 18 heavy (non-hydrogen) atoms. The Balaban J connectivity index is 1.76. The molecule has 4 heteroatoms. The van der Waals surface area contributed by atoms with Crippen LogP contribution in [0.2, 0.25) is 0 Å². The second kappa shape index (κ2) is 5.87. The van der Waals surface area contributed by atoms with Crippen LogP contribution in [0.3, 0.4) is 0 Å². The number of rotatable bonds is 5. The summed E-state index contributed by atoms with van der Waals surface area (Å²) in [7, 11) is 4.08. The number of hydrogen-bond donors (Lipinski definition) is 2. The summed E-state index contributed by atoms with van der Waals surface area (Å²) in [4.78, 5) is 14.1. The summed E-state index contributed by atoms with van der Waals surface area (Å²) in [6.07, 6.45) is 1.77. The van der Waals surface area contributed by atoms with Gasteiger partial charge in [-0.25, -0.2) is 0 Å². The molecule has 0 aliphatic carbocycles. The molecule has 1 aromatic rings. The zero-order valence-corrected chi connectivity index (χ0v) is 11.1. The molecule has 1 aromatic carbocycles. The minimum Gasteiger partial charge on any atom is -0.373 e. The summed E-state index contributed by atoms with van der Waals surface area (Å²) in [6.45, 7) is 1.74. The lowest BCUT2D eigenvalue weighted by Crippen LogP contribution is -2.39. The fourth-order valence-electron chi connectivity index (χ4n) is 2.19. The van der Waals surface area contributed by atoms with Gasteiger partial charge in [0, 0.05) is 18.7 Å². The van der Waals surface area contributed by atoms with Crippen molar-refractivity contribution in [1.82, 2.24) is 10.2 Å². The number of nitrogens with zero attached hydrogens (tertiary/aromatic N) is 1. The number of para-hydroxylation sites is 1. The SMILES string of the molecule is CN(C)CCCNC(=O)C1Cc2ccccc2N1. The number of anilines is 1. The quantitative estimate of drug-likeness (QED) is 0.766. The number of benzene rings is 1. The molecule has 2 N–H and O–H groups in total. The van der Waals surface area contributed by atoms with Gasteiger partial charge in [0.25, 0.3) is 0 Å². The van der Waals surface area contributed by atoms with Crippen molar-refractivity contribution < 1.29 is 4.79 Å². The highest BCUT2D eigenvalue weighted by Gasteiger charge is 2.25. The Morgan fingerprint density at radius 1 is 1.44 bits per heavy atom. The van der Waals surface area contributed by atoms with Gasteiger partial charge < -0.3 is 15.5 Å². The van der Waals surface area contributed by atoms with Gasteiger partial charge in [-0.2, -0.15) is 0 Å². The predicted molar refractivity (Wildman–Crippen MR) is 73.7 cm³/mol. The first-order chi connectivity index (χ1) is 8.66. The summed E-state index contributed by atoms with van der Waals surface area (Å²) in [5.74, 6) is 0.102. The van der Waals surface area contributed by atoms with E-state index in [2.05, 4.69) is 21.6 Å². The second-order valence-electron chi connectivity index (χ2n) is 5.01. The van der Waals surface area contributed by atoms with E-state index >= 15 is 0 Å². The third-order valence-corrected chi connectivity index (χ3v) is 3.17. The molecule has 1 aliphatic rings. The van der Waals surface area contributed by atoms with Crippen LogP contribution < -0.4 is 10.6 Å². The Morgan fingerprint density at radius 3 is 2.94 bits per heavy atom. The summed E-state index contributed by atoms with van der Waals surface area (Å²) in [6, 6.07) is 7.99. The lowest BCUT2D eigenvalue weighted by molar-refractivity contribution is -0.121. The second-order valence-corrected chi connectivity index (χ2v) is 5.01. The van der Waals surface area contributed by atoms with Crippen LogP contribution >= 0.6 is 0 Å². The molecular weight excluding hydrogens is 226 g/mol. The molecule has 0 saturated carbocycles. The van der Waals surface area contributed by atoms with Crippen molar-refractivity contribution in [2.24, 2.45) is 0 Å². The number of fused-ring (bicyclic) bond motifs is 1. The molecule has 0 saturated heterocycles. The highest BCUT2D eigenvalue weighted by Crippen LogP contribution is 2.24. The summed E-state index contributed by atoms with van der Waals surface area (Å²) < 4.78 is 0. The van der Waals surface area contributed by atoms with Crippen LogP contribution in [0.25, 0.3) is 0 Å². The molecule has 0 bridgehead atoms. The van der Waals surface area contributed by atoms with E-state index in [0.29, 0.717) is 0 Å². The van der Waals surface area contributed by atoms with Crippen LogP contribution in [0, 0.1) is 0 Å². The van der Waals surface area contributed by atoms with Crippen molar-refractivity contribution in [3.63, 3.8) is 0 Å². The molecule has 1 unspecified atom stereocenters. The molecule has 4 nitrogen and oxygen atoms in total. The largest absolute Gasteiger partial charge is 0.373 e. The Bertz CT molecular complexity index is 392. The molecule has 0 radical (unpaired) electrons. The van der Waals surface area contributed by atoms with E-state index in [9.17, 15) is 4.79 Å². The monoisotopic (exact) mass is 247 g/mol. The van der Waals surface area contributed by atoms with Gasteiger partial charge in [0.1, 0.15) is 6.04 Å². The normalized spacial score (nSPS) is 17.4. The van der Waals surface area contributed by atoms with E-state index in [-0.39, 0.29) is 11.9 Å². The van der Waals surface area contributed by atoms with Crippen molar-refractivity contribution >= 4 is 11.6 Å². The standard InChI is InChI=1S/C14H21N3O/c1-17(2)9-5-8-15-14(18)13-10-11-6-3-4-7-12(11)16-13/h3-4,6-7,13,16H,5,8-10H2,1-2H3,(H,15,18). The van der Waals surface area contributed by atoms with Gasteiger partial charge in [0.2, 0.25) is 5.91 Å². The Kier molecular flexibility index (Phi) is 4.20. The number of carbonyl (C=O) groups excluding carboxylic acids is 1. The van der Waals surface area contributed by atoms with E-state index < -0.39 is 0 Å².